The van der Waals surface area contributed by atoms with Gasteiger partial charge in [0.15, 0.2) is 0 Å². The van der Waals surface area contributed by atoms with Crippen LogP contribution in [0.25, 0.3) is 0 Å². The summed E-state index contributed by atoms with van der Waals surface area (Å²) < 4.78 is 0. The maximum Gasteiger partial charge on any atom is 0.133 e. The second kappa shape index (κ2) is 4.56. The molecule has 2 unspecified atom stereocenters. The number of nitrogens with zero attached hydrogens (tertiary/aromatic N) is 2. The third-order valence-corrected chi connectivity index (χ3v) is 4.44. The quantitative estimate of drug-likeness (QED) is 0.872. The van der Waals surface area contributed by atoms with Crippen molar-refractivity contribution in [2.75, 3.05) is 5.32 Å². The number of nitrogens with two attached hydrogens (primary N) is 1. The minimum absolute atomic E-state index is 0.111. The van der Waals surface area contributed by atoms with Gasteiger partial charge in [-0.15, -0.1) is 0 Å². The Hall–Kier alpha value is -1.94. The summed E-state index contributed by atoms with van der Waals surface area (Å²) in [4.78, 5) is 8.82. The Morgan fingerprint density at radius 3 is 3.00 bits per heavy atom. The van der Waals surface area contributed by atoms with E-state index in [2.05, 4.69) is 39.6 Å². The van der Waals surface area contributed by atoms with Crippen molar-refractivity contribution in [3.63, 3.8) is 0 Å². The molecule has 2 aromatic rings. The van der Waals surface area contributed by atoms with Crippen LogP contribution < -0.4 is 11.1 Å². The van der Waals surface area contributed by atoms with Crippen molar-refractivity contribution in [3.05, 3.63) is 53.0 Å². The number of fused-ring (bicyclic) bond motifs is 2. The summed E-state index contributed by atoms with van der Waals surface area (Å²) >= 11 is 0. The molecule has 0 amide bonds. The van der Waals surface area contributed by atoms with Crippen LogP contribution in [0, 0.1) is 0 Å². The van der Waals surface area contributed by atoms with Gasteiger partial charge in [0.05, 0.1) is 6.04 Å². The largest absolute Gasteiger partial charge is 0.361 e. The molecule has 0 saturated carbocycles. The van der Waals surface area contributed by atoms with E-state index in [1.807, 2.05) is 0 Å². The van der Waals surface area contributed by atoms with Gasteiger partial charge in [-0.1, -0.05) is 24.3 Å². The van der Waals surface area contributed by atoms with E-state index in [4.69, 9.17) is 5.73 Å². The molecule has 0 saturated heterocycles. The van der Waals surface area contributed by atoms with Crippen LogP contribution >= 0.6 is 0 Å². The molecule has 4 rings (SSSR count). The van der Waals surface area contributed by atoms with Crippen LogP contribution in [0.5, 0.6) is 0 Å². The molecule has 0 radical (unpaired) electrons. The Labute approximate surface area is 118 Å². The number of hydrogen-bond acceptors (Lipinski definition) is 4. The zero-order valence-electron chi connectivity index (χ0n) is 11.3. The van der Waals surface area contributed by atoms with Crippen LogP contribution in [0.1, 0.15) is 34.8 Å². The smallest absolute Gasteiger partial charge is 0.133 e. The SMILES string of the molecule is NC1Cc2ccccc2C1Nc1ncnc2c1CCC2. The molecule has 4 nitrogen and oxygen atoms in total. The van der Waals surface area contributed by atoms with Crippen molar-refractivity contribution in [2.45, 2.75) is 37.8 Å². The predicted molar refractivity (Wildman–Crippen MR) is 78.5 cm³/mol. The Balaban J connectivity index is 1.69. The highest BCUT2D eigenvalue weighted by Crippen LogP contribution is 2.34. The lowest BCUT2D eigenvalue weighted by molar-refractivity contribution is 0.622. The van der Waals surface area contributed by atoms with Crippen molar-refractivity contribution in [1.82, 2.24) is 9.97 Å². The number of anilines is 1. The Morgan fingerprint density at radius 1 is 1.15 bits per heavy atom. The van der Waals surface area contributed by atoms with Gasteiger partial charge in [0.1, 0.15) is 12.1 Å². The minimum Gasteiger partial charge on any atom is -0.361 e. The van der Waals surface area contributed by atoms with Crippen LogP contribution in [0.3, 0.4) is 0 Å². The van der Waals surface area contributed by atoms with E-state index in [-0.39, 0.29) is 12.1 Å². The van der Waals surface area contributed by atoms with Crippen LogP contribution in [0.15, 0.2) is 30.6 Å². The zero-order chi connectivity index (χ0) is 13.5. The molecule has 0 spiro atoms. The molecule has 0 bridgehead atoms. The van der Waals surface area contributed by atoms with Crippen molar-refractivity contribution in [3.8, 4) is 0 Å². The van der Waals surface area contributed by atoms with E-state index in [0.717, 1.165) is 25.1 Å². The van der Waals surface area contributed by atoms with Gasteiger partial charge < -0.3 is 11.1 Å². The van der Waals surface area contributed by atoms with Crippen LogP contribution in [-0.4, -0.2) is 16.0 Å². The fraction of sp³-hybridized carbons (Fsp3) is 0.375. The molecule has 0 aliphatic heterocycles. The minimum atomic E-state index is 0.111. The average Bonchev–Trinajstić information content (AvgIpc) is 3.05. The Bertz CT molecular complexity index is 653. The van der Waals surface area contributed by atoms with Gasteiger partial charge >= 0.3 is 0 Å². The summed E-state index contributed by atoms with van der Waals surface area (Å²) in [5, 5.41) is 3.57. The lowest BCUT2D eigenvalue weighted by Crippen LogP contribution is -2.30. The summed E-state index contributed by atoms with van der Waals surface area (Å²) in [6.07, 6.45) is 5.91. The van der Waals surface area contributed by atoms with Crippen LogP contribution in [-0.2, 0) is 19.3 Å². The first-order chi connectivity index (χ1) is 9.83. The second-order valence-corrected chi connectivity index (χ2v) is 5.69. The topological polar surface area (TPSA) is 63.8 Å². The Morgan fingerprint density at radius 2 is 2.05 bits per heavy atom. The zero-order valence-corrected chi connectivity index (χ0v) is 11.3. The van der Waals surface area contributed by atoms with Gasteiger partial charge in [0.2, 0.25) is 0 Å². The summed E-state index contributed by atoms with van der Waals surface area (Å²) in [6, 6.07) is 8.76. The molecule has 2 aliphatic carbocycles. The number of nitrogens with one attached hydrogen (secondary N) is 1. The number of aromatic nitrogens is 2. The van der Waals surface area contributed by atoms with Gasteiger partial charge in [0, 0.05) is 17.3 Å². The lowest BCUT2D eigenvalue weighted by atomic mass is 10.1. The fourth-order valence-corrected chi connectivity index (χ4v) is 3.44. The van der Waals surface area contributed by atoms with E-state index in [1.165, 1.54) is 28.8 Å². The summed E-state index contributed by atoms with van der Waals surface area (Å²) in [5.41, 5.74) is 11.5. The first-order valence-electron chi connectivity index (χ1n) is 7.25. The van der Waals surface area contributed by atoms with Crippen molar-refractivity contribution < 1.29 is 0 Å². The van der Waals surface area contributed by atoms with Crippen molar-refractivity contribution in [1.29, 1.82) is 0 Å². The summed E-state index contributed by atoms with van der Waals surface area (Å²) in [5.74, 6) is 0.977. The van der Waals surface area contributed by atoms with Crippen LogP contribution in [0.4, 0.5) is 5.82 Å². The highest BCUT2D eigenvalue weighted by atomic mass is 15.1. The fourth-order valence-electron chi connectivity index (χ4n) is 3.44. The molecule has 4 heteroatoms. The predicted octanol–water partition coefficient (Wildman–Crippen LogP) is 2.00. The maximum absolute atomic E-state index is 6.32. The molecular weight excluding hydrogens is 248 g/mol. The second-order valence-electron chi connectivity index (χ2n) is 5.69. The highest BCUT2D eigenvalue weighted by molar-refractivity contribution is 5.52. The number of rotatable bonds is 2. The van der Waals surface area contributed by atoms with E-state index >= 15 is 0 Å². The molecule has 1 aromatic heterocycles. The number of aryl methyl sites for hydroxylation is 1. The van der Waals surface area contributed by atoms with Gasteiger partial charge in [-0.05, 0) is 36.8 Å². The molecule has 3 N–H and O–H groups in total. The van der Waals surface area contributed by atoms with Gasteiger partial charge in [-0.25, -0.2) is 9.97 Å². The number of hydrogen-bond donors (Lipinski definition) is 2. The van der Waals surface area contributed by atoms with E-state index < -0.39 is 0 Å². The molecule has 102 valence electrons. The van der Waals surface area contributed by atoms with E-state index in [0.29, 0.717) is 0 Å². The first kappa shape index (κ1) is 11.9. The molecule has 2 aliphatic rings. The maximum atomic E-state index is 6.32. The van der Waals surface area contributed by atoms with Gasteiger partial charge in [0.25, 0.3) is 0 Å². The van der Waals surface area contributed by atoms with E-state index in [9.17, 15) is 0 Å². The molecule has 1 heterocycles. The molecule has 0 fully saturated rings. The highest BCUT2D eigenvalue weighted by Gasteiger charge is 2.30. The molecular formula is C16H18N4. The van der Waals surface area contributed by atoms with Crippen molar-refractivity contribution >= 4 is 5.82 Å². The summed E-state index contributed by atoms with van der Waals surface area (Å²) in [6.45, 7) is 0. The standard InChI is InChI=1S/C16H18N4/c17-13-8-10-4-1-2-5-11(10)15(13)20-16-12-6-3-7-14(12)18-9-19-16/h1-2,4-5,9,13,15H,3,6-8,17H2,(H,18,19,20). The van der Waals surface area contributed by atoms with Crippen LogP contribution in [0.2, 0.25) is 0 Å². The monoisotopic (exact) mass is 266 g/mol. The Kier molecular flexibility index (Phi) is 2.70. The van der Waals surface area contributed by atoms with Gasteiger partial charge in [-0.3, -0.25) is 0 Å². The molecule has 20 heavy (non-hydrogen) atoms. The molecule has 2 atom stereocenters. The third kappa shape index (κ3) is 1.79. The molecule has 1 aromatic carbocycles. The lowest BCUT2D eigenvalue weighted by Gasteiger charge is -2.20. The van der Waals surface area contributed by atoms with Gasteiger partial charge in [-0.2, -0.15) is 0 Å². The number of benzene rings is 1. The summed E-state index contributed by atoms with van der Waals surface area (Å²) in [7, 11) is 0. The third-order valence-electron chi connectivity index (χ3n) is 4.44. The van der Waals surface area contributed by atoms with E-state index in [1.54, 1.807) is 6.33 Å². The average molecular weight is 266 g/mol. The van der Waals surface area contributed by atoms with Crippen molar-refractivity contribution in [2.24, 2.45) is 5.73 Å². The normalized spacial score (nSPS) is 23.4. The first-order valence-corrected chi connectivity index (χ1v) is 7.25.